The average Bonchev–Trinajstić information content (AvgIpc) is 3.71. The van der Waals surface area contributed by atoms with Crippen molar-refractivity contribution >= 4 is 43.5 Å². The SMILES string of the molecule is c1ccc(-c2nc(-n3c4ccccc4c4c5c(ccc43)-c3cccc4cccc(c34)C53c4ccccc4-c4ccccc43)nc3ccccc23)cc1. The van der Waals surface area contributed by atoms with Crippen LogP contribution < -0.4 is 0 Å². The molecule has 3 heteroatoms. The summed E-state index contributed by atoms with van der Waals surface area (Å²) in [6.07, 6.45) is 0. The number of hydrogen-bond donors (Lipinski definition) is 0. The topological polar surface area (TPSA) is 30.7 Å². The molecule has 0 saturated carbocycles. The molecular formula is C49H29N3. The average molecular weight is 660 g/mol. The van der Waals surface area contributed by atoms with Gasteiger partial charge in [0.2, 0.25) is 5.95 Å². The summed E-state index contributed by atoms with van der Waals surface area (Å²) in [5.74, 6) is 0.670. The summed E-state index contributed by atoms with van der Waals surface area (Å²) in [5.41, 5.74) is 15.1. The Hall–Kier alpha value is -6.84. The molecular weight excluding hydrogens is 631 g/mol. The first-order valence-corrected chi connectivity index (χ1v) is 17.9. The van der Waals surface area contributed by atoms with Crippen LogP contribution in [0, 0.1) is 0 Å². The molecule has 2 aromatic heterocycles. The smallest absolute Gasteiger partial charge is 0.235 e. The van der Waals surface area contributed by atoms with Crippen molar-refractivity contribution in [3.63, 3.8) is 0 Å². The van der Waals surface area contributed by atoms with Gasteiger partial charge in [0.1, 0.15) is 0 Å². The molecule has 0 amide bonds. The third-order valence-corrected chi connectivity index (χ3v) is 11.6. The summed E-state index contributed by atoms with van der Waals surface area (Å²) in [5, 5.41) is 6.07. The normalized spacial score (nSPS) is 13.5. The van der Waals surface area contributed by atoms with Gasteiger partial charge in [0.15, 0.2) is 0 Å². The van der Waals surface area contributed by atoms with Crippen LogP contribution in [0.2, 0.25) is 0 Å². The number of benzene rings is 8. The van der Waals surface area contributed by atoms with E-state index in [1.807, 2.05) is 0 Å². The molecule has 0 unspecified atom stereocenters. The van der Waals surface area contributed by atoms with Gasteiger partial charge in [0.25, 0.3) is 0 Å². The summed E-state index contributed by atoms with van der Waals surface area (Å²) in [6.45, 7) is 0. The van der Waals surface area contributed by atoms with Crippen LogP contribution >= 0.6 is 0 Å². The van der Waals surface area contributed by atoms with E-state index in [1.165, 1.54) is 66.1 Å². The molecule has 3 nitrogen and oxygen atoms in total. The van der Waals surface area contributed by atoms with E-state index in [0.717, 1.165) is 33.2 Å². The molecule has 0 fully saturated rings. The highest BCUT2D eigenvalue weighted by molar-refractivity contribution is 6.18. The quantitative estimate of drug-likeness (QED) is 0.185. The fourth-order valence-corrected chi connectivity index (χ4v) is 9.68. The van der Waals surface area contributed by atoms with Crippen molar-refractivity contribution in [3.8, 4) is 39.5 Å². The van der Waals surface area contributed by atoms with Crippen LogP contribution in [-0.4, -0.2) is 14.5 Å². The number of para-hydroxylation sites is 2. The second-order valence-electron chi connectivity index (χ2n) is 14.0. The van der Waals surface area contributed by atoms with Gasteiger partial charge in [-0.1, -0.05) is 158 Å². The highest BCUT2D eigenvalue weighted by Crippen LogP contribution is 2.63. The van der Waals surface area contributed by atoms with Gasteiger partial charge in [-0.15, -0.1) is 0 Å². The zero-order valence-electron chi connectivity index (χ0n) is 28.1. The Morgan fingerprint density at radius 1 is 0.404 bits per heavy atom. The molecule has 8 aromatic carbocycles. The van der Waals surface area contributed by atoms with E-state index in [1.54, 1.807) is 0 Å². The Labute approximate surface area is 300 Å². The van der Waals surface area contributed by atoms with Crippen molar-refractivity contribution in [2.75, 3.05) is 0 Å². The molecule has 0 bridgehead atoms. The molecule has 12 rings (SSSR count). The van der Waals surface area contributed by atoms with Gasteiger partial charge in [-0.3, -0.25) is 4.57 Å². The molecule has 2 aliphatic carbocycles. The molecule has 10 aromatic rings. The van der Waals surface area contributed by atoms with Crippen molar-refractivity contribution in [2.24, 2.45) is 0 Å². The van der Waals surface area contributed by atoms with Gasteiger partial charge < -0.3 is 0 Å². The number of rotatable bonds is 2. The highest BCUT2D eigenvalue weighted by atomic mass is 15.2. The van der Waals surface area contributed by atoms with E-state index in [4.69, 9.17) is 9.97 Å². The van der Waals surface area contributed by atoms with Crippen LogP contribution in [0.1, 0.15) is 22.3 Å². The third-order valence-electron chi connectivity index (χ3n) is 11.6. The summed E-state index contributed by atoms with van der Waals surface area (Å²) in [6, 6.07) is 64.1. The van der Waals surface area contributed by atoms with Crippen molar-refractivity contribution in [2.45, 2.75) is 5.41 Å². The van der Waals surface area contributed by atoms with E-state index in [9.17, 15) is 0 Å². The van der Waals surface area contributed by atoms with Gasteiger partial charge in [0.05, 0.1) is 27.7 Å². The first-order chi connectivity index (χ1) is 25.8. The van der Waals surface area contributed by atoms with Crippen LogP contribution in [0.3, 0.4) is 0 Å². The summed E-state index contributed by atoms with van der Waals surface area (Å²) < 4.78 is 2.30. The first kappa shape index (κ1) is 27.9. The van der Waals surface area contributed by atoms with Gasteiger partial charge in [-0.25, -0.2) is 9.97 Å². The lowest BCUT2D eigenvalue weighted by Gasteiger charge is -2.40. The lowest BCUT2D eigenvalue weighted by molar-refractivity contribution is 0.782. The second kappa shape index (κ2) is 10.1. The van der Waals surface area contributed by atoms with Crippen LogP contribution in [0.4, 0.5) is 0 Å². The van der Waals surface area contributed by atoms with E-state index in [2.05, 4.69) is 180 Å². The molecule has 0 aliphatic heterocycles. The molecule has 2 heterocycles. The lowest BCUT2D eigenvalue weighted by Crippen LogP contribution is -2.32. The highest BCUT2D eigenvalue weighted by Gasteiger charge is 2.51. The monoisotopic (exact) mass is 659 g/mol. The minimum atomic E-state index is -0.537. The van der Waals surface area contributed by atoms with Crippen LogP contribution in [-0.2, 0) is 5.41 Å². The van der Waals surface area contributed by atoms with Crippen molar-refractivity contribution in [1.29, 1.82) is 0 Å². The third kappa shape index (κ3) is 3.40. The minimum absolute atomic E-state index is 0.537. The van der Waals surface area contributed by atoms with Crippen LogP contribution in [0.5, 0.6) is 0 Å². The maximum atomic E-state index is 5.41. The number of hydrogen-bond acceptors (Lipinski definition) is 2. The Morgan fingerprint density at radius 2 is 1.04 bits per heavy atom. The number of aromatic nitrogens is 3. The van der Waals surface area contributed by atoms with E-state index < -0.39 is 5.41 Å². The van der Waals surface area contributed by atoms with Crippen molar-refractivity contribution < 1.29 is 0 Å². The minimum Gasteiger partial charge on any atom is -0.278 e. The van der Waals surface area contributed by atoms with E-state index >= 15 is 0 Å². The van der Waals surface area contributed by atoms with Gasteiger partial charge in [-0.05, 0) is 73.5 Å². The molecule has 240 valence electrons. The zero-order valence-corrected chi connectivity index (χ0v) is 28.1. The lowest BCUT2D eigenvalue weighted by atomic mass is 9.60. The fraction of sp³-hybridized carbons (Fsp3) is 0.0204. The van der Waals surface area contributed by atoms with E-state index in [-0.39, 0.29) is 0 Å². The molecule has 0 atom stereocenters. The second-order valence-corrected chi connectivity index (χ2v) is 14.0. The Morgan fingerprint density at radius 3 is 1.85 bits per heavy atom. The van der Waals surface area contributed by atoms with Gasteiger partial charge in [-0.2, -0.15) is 0 Å². The predicted octanol–water partition coefficient (Wildman–Crippen LogP) is 11.9. The summed E-state index contributed by atoms with van der Waals surface area (Å²) in [4.78, 5) is 10.7. The predicted molar refractivity (Wildman–Crippen MR) is 213 cm³/mol. The Kier molecular flexibility index (Phi) is 5.43. The molecule has 52 heavy (non-hydrogen) atoms. The maximum absolute atomic E-state index is 5.41. The number of nitrogens with zero attached hydrogens (tertiary/aromatic N) is 3. The van der Waals surface area contributed by atoms with Crippen molar-refractivity contribution in [3.05, 3.63) is 198 Å². The maximum Gasteiger partial charge on any atom is 0.235 e. The molecule has 0 saturated heterocycles. The molecule has 0 N–H and O–H groups in total. The first-order valence-electron chi connectivity index (χ1n) is 17.9. The largest absolute Gasteiger partial charge is 0.278 e. The van der Waals surface area contributed by atoms with Crippen LogP contribution in [0.15, 0.2) is 176 Å². The van der Waals surface area contributed by atoms with Gasteiger partial charge >= 0.3 is 0 Å². The molecule has 2 aliphatic rings. The molecule has 0 radical (unpaired) electrons. The Balaban J connectivity index is 1.29. The fourth-order valence-electron chi connectivity index (χ4n) is 9.68. The van der Waals surface area contributed by atoms with Gasteiger partial charge in [0, 0.05) is 21.7 Å². The van der Waals surface area contributed by atoms with Crippen molar-refractivity contribution in [1.82, 2.24) is 14.5 Å². The van der Waals surface area contributed by atoms with E-state index in [0.29, 0.717) is 5.95 Å². The summed E-state index contributed by atoms with van der Waals surface area (Å²) >= 11 is 0. The zero-order chi connectivity index (χ0) is 34.0. The van der Waals surface area contributed by atoms with Crippen LogP contribution in [0.25, 0.3) is 82.9 Å². The molecule has 1 spiro atoms. The number of fused-ring (bicyclic) bond motifs is 14. The standard InChI is InChI=1S/C49H29N3/c1-2-14-31(15-3-1)47-36-20-6-10-26-41(36)50-48(51-47)52-42-27-11-7-21-37(42)45-43(52)29-28-35-34-22-12-16-30-17-13-25-40(44(30)34)49(46(35)45)38-23-8-4-18-32(38)33-19-5-9-24-39(33)49/h1-29H. The Bertz CT molecular complexity index is 3080. The summed E-state index contributed by atoms with van der Waals surface area (Å²) in [7, 11) is 0.